The molecule has 0 saturated heterocycles. The number of thiazole rings is 1. The van der Waals surface area contributed by atoms with Crippen LogP contribution in [-0.4, -0.2) is 44.0 Å². The minimum Gasteiger partial charge on any atom is -0.469 e. The average molecular weight is 422 g/mol. The van der Waals surface area contributed by atoms with Gasteiger partial charge >= 0.3 is 5.97 Å². The van der Waals surface area contributed by atoms with Crippen LogP contribution in [0.5, 0.6) is 0 Å². The molecule has 3 rings (SSSR count). The molecule has 0 fully saturated rings. The van der Waals surface area contributed by atoms with Gasteiger partial charge in [-0.05, 0) is 19.9 Å². The lowest BCUT2D eigenvalue weighted by atomic mass is 10.2. The van der Waals surface area contributed by atoms with Gasteiger partial charge in [-0.15, -0.1) is 21.5 Å². The van der Waals surface area contributed by atoms with Crippen LogP contribution in [0.4, 0.5) is 5.13 Å². The fourth-order valence-electron chi connectivity index (χ4n) is 2.38. The van der Waals surface area contributed by atoms with Crippen LogP contribution in [0.1, 0.15) is 18.4 Å². The number of carbonyl (C=O) groups excluding carboxylic acids is 2. The highest BCUT2D eigenvalue weighted by Crippen LogP contribution is 2.26. The second kappa shape index (κ2) is 9.02. The summed E-state index contributed by atoms with van der Waals surface area (Å²) in [6.07, 6.45) is 1.69. The molecule has 0 atom stereocenters. The van der Waals surface area contributed by atoms with Gasteiger partial charge in [0.1, 0.15) is 5.76 Å². The molecule has 11 heteroatoms. The molecule has 0 unspecified atom stereocenters. The van der Waals surface area contributed by atoms with Crippen LogP contribution in [0.15, 0.2) is 27.3 Å². The van der Waals surface area contributed by atoms with Crippen LogP contribution in [0.25, 0.3) is 11.4 Å². The fourth-order valence-corrected chi connectivity index (χ4v) is 3.82. The molecule has 0 aliphatic carbocycles. The SMILES string of the molecule is CCOC(=O)Cc1csc(NC(=O)CSc2nnc(-c3ccoc3C)n2C)n1. The van der Waals surface area contributed by atoms with E-state index >= 15 is 0 Å². The van der Waals surface area contributed by atoms with Crippen molar-refractivity contribution in [3.05, 3.63) is 29.2 Å². The van der Waals surface area contributed by atoms with Gasteiger partial charge in [-0.25, -0.2) is 4.98 Å². The van der Waals surface area contributed by atoms with Gasteiger partial charge in [-0.3, -0.25) is 9.59 Å². The summed E-state index contributed by atoms with van der Waals surface area (Å²) in [5.41, 5.74) is 1.43. The number of nitrogens with one attached hydrogen (secondary N) is 1. The van der Waals surface area contributed by atoms with Crippen LogP contribution < -0.4 is 5.32 Å². The Morgan fingerprint density at radius 2 is 2.21 bits per heavy atom. The minimum absolute atomic E-state index is 0.0874. The lowest BCUT2D eigenvalue weighted by Gasteiger charge is -2.03. The van der Waals surface area contributed by atoms with Gasteiger partial charge < -0.3 is 19.0 Å². The van der Waals surface area contributed by atoms with Gasteiger partial charge in [0, 0.05) is 12.4 Å². The lowest BCUT2D eigenvalue weighted by Crippen LogP contribution is -2.14. The maximum Gasteiger partial charge on any atom is 0.311 e. The Kier molecular flexibility index (Phi) is 6.47. The third kappa shape index (κ3) is 4.78. The first kappa shape index (κ1) is 20.1. The van der Waals surface area contributed by atoms with Gasteiger partial charge in [0.2, 0.25) is 5.91 Å². The van der Waals surface area contributed by atoms with Crippen LogP contribution in [-0.2, 0) is 27.8 Å². The Hall–Kier alpha value is -2.66. The highest BCUT2D eigenvalue weighted by atomic mass is 32.2. The zero-order valence-corrected chi connectivity index (χ0v) is 17.2. The first-order valence-corrected chi connectivity index (χ1v) is 10.3. The maximum absolute atomic E-state index is 12.2. The number of thioether (sulfide) groups is 1. The molecule has 3 heterocycles. The predicted molar refractivity (Wildman–Crippen MR) is 105 cm³/mol. The van der Waals surface area contributed by atoms with Crippen LogP contribution in [0.3, 0.4) is 0 Å². The zero-order chi connectivity index (χ0) is 20.1. The maximum atomic E-state index is 12.2. The standard InChI is InChI=1S/C17H19N5O4S2/c1-4-25-14(24)7-11-8-27-16(18-11)19-13(23)9-28-17-21-20-15(22(17)3)12-5-6-26-10(12)2/h5-6,8H,4,7,9H2,1-3H3,(H,18,19,23). The highest BCUT2D eigenvalue weighted by Gasteiger charge is 2.16. The number of hydrogen-bond acceptors (Lipinski definition) is 9. The molecule has 0 aromatic carbocycles. The van der Waals surface area contributed by atoms with E-state index in [0.29, 0.717) is 28.4 Å². The van der Waals surface area contributed by atoms with Crippen molar-refractivity contribution >= 4 is 40.1 Å². The smallest absolute Gasteiger partial charge is 0.311 e. The van der Waals surface area contributed by atoms with E-state index in [4.69, 9.17) is 9.15 Å². The summed E-state index contributed by atoms with van der Waals surface area (Å²) in [6.45, 7) is 3.93. The topological polar surface area (TPSA) is 112 Å². The van der Waals surface area contributed by atoms with E-state index in [1.807, 2.05) is 24.6 Å². The summed E-state index contributed by atoms with van der Waals surface area (Å²) in [6, 6.07) is 1.83. The highest BCUT2D eigenvalue weighted by molar-refractivity contribution is 7.99. The van der Waals surface area contributed by atoms with Crippen molar-refractivity contribution in [2.75, 3.05) is 17.7 Å². The number of carbonyl (C=O) groups is 2. The molecular formula is C17H19N5O4S2. The molecule has 3 aromatic heterocycles. The van der Waals surface area contributed by atoms with Crippen molar-refractivity contribution in [3.63, 3.8) is 0 Å². The summed E-state index contributed by atoms with van der Waals surface area (Å²) in [7, 11) is 1.84. The second-order valence-electron chi connectivity index (χ2n) is 5.72. The van der Waals surface area contributed by atoms with E-state index in [1.54, 1.807) is 18.6 Å². The van der Waals surface area contributed by atoms with Crippen LogP contribution in [0.2, 0.25) is 0 Å². The normalized spacial score (nSPS) is 10.8. The number of ether oxygens (including phenoxy) is 1. The molecule has 1 amide bonds. The number of furan rings is 1. The van der Waals surface area contributed by atoms with E-state index in [2.05, 4.69) is 20.5 Å². The number of aryl methyl sites for hydroxylation is 1. The summed E-state index contributed by atoms with van der Waals surface area (Å²) in [5.74, 6) is 1.03. The summed E-state index contributed by atoms with van der Waals surface area (Å²) in [5, 5.41) is 13.8. The third-order valence-corrected chi connectivity index (χ3v) is 5.52. The molecule has 3 aromatic rings. The van der Waals surface area contributed by atoms with Crippen LogP contribution in [0, 0.1) is 6.92 Å². The number of anilines is 1. The molecular weight excluding hydrogens is 402 g/mol. The first-order chi connectivity index (χ1) is 13.5. The zero-order valence-electron chi connectivity index (χ0n) is 15.6. The molecule has 0 aliphatic heterocycles. The van der Waals surface area contributed by atoms with Crippen molar-refractivity contribution < 1.29 is 18.7 Å². The Labute approximate surface area is 169 Å². The molecule has 0 aliphatic rings. The van der Waals surface area contributed by atoms with E-state index in [0.717, 1.165) is 11.3 Å². The van der Waals surface area contributed by atoms with Crippen molar-refractivity contribution in [1.82, 2.24) is 19.7 Å². The van der Waals surface area contributed by atoms with Gasteiger partial charge in [-0.1, -0.05) is 11.8 Å². The Morgan fingerprint density at radius 3 is 2.93 bits per heavy atom. The summed E-state index contributed by atoms with van der Waals surface area (Å²) < 4.78 is 12.0. The molecule has 28 heavy (non-hydrogen) atoms. The van der Waals surface area contributed by atoms with Crippen molar-refractivity contribution in [2.24, 2.45) is 7.05 Å². The molecule has 148 valence electrons. The van der Waals surface area contributed by atoms with Crippen molar-refractivity contribution in [3.8, 4) is 11.4 Å². The molecule has 0 bridgehead atoms. The monoisotopic (exact) mass is 421 g/mol. The first-order valence-electron chi connectivity index (χ1n) is 8.44. The predicted octanol–water partition coefficient (Wildman–Crippen LogP) is 2.68. The van der Waals surface area contributed by atoms with Crippen molar-refractivity contribution in [2.45, 2.75) is 25.4 Å². The van der Waals surface area contributed by atoms with E-state index < -0.39 is 0 Å². The fraction of sp³-hybridized carbons (Fsp3) is 0.353. The Bertz CT molecular complexity index is 978. The molecule has 0 saturated carbocycles. The van der Waals surface area contributed by atoms with E-state index in [9.17, 15) is 9.59 Å². The van der Waals surface area contributed by atoms with Crippen LogP contribution >= 0.6 is 23.1 Å². The lowest BCUT2D eigenvalue weighted by molar-refractivity contribution is -0.142. The number of esters is 1. The van der Waals surface area contributed by atoms with Gasteiger partial charge in [0.05, 0.1) is 36.3 Å². The number of rotatable bonds is 8. The summed E-state index contributed by atoms with van der Waals surface area (Å²) >= 11 is 2.53. The number of hydrogen-bond donors (Lipinski definition) is 1. The third-order valence-electron chi connectivity index (χ3n) is 3.70. The van der Waals surface area contributed by atoms with Crippen molar-refractivity contribution in [1.29, 1.82) is 0 Å². The number of amides is 1. The van der Waals surface area contributed by atoms with Gasteiger partial charge in [-0.2, -0.15) is 0 Å². The Morgan fingerprint density at radius 1 is 1.39 bits per heavy atom. The molecule has 1 N–H and O–H groups in total. The molecule has 0 spiro atoms. The molecule has 9 nitrogen and oxygen atoms in total. The number of aromatic nitrogens is 4. The second-order valence-corrected chi connectivity index (χ2v) is 7.52. The summed E-state index contributed by atoms with van der Waals surface area (Å²) in [4.78, 5) is 27.9. The van der Waals surface area contributed by atoms with Gasteiger partial charge in [0.25, 0.3) is 0 Å². The average Bonchev–Trinajstić information content (AvgIpc) is 3.35. The minimum atomic E-state index is -0.341. The quantitative estimate of drug-likeness (QED) is 0.436. The Balaban J connectivity index is 1.54. The van der Waals surface area contributed by atoms with Gasteiger partial charge in [0.15, 0.2) is 16.1 Å². The van der Waals surface area contributed by atoms with E-state index in [1.165, 1.54) is 23.1 Å². The van der Waals surface area contributed by atoms with E-state index in [-0.39, 0.29) is 24.1 Å². The molecule has 0 radical (unpaired) electrons. The number of nitrogens with zero attached hydrogens (tertiary/aromatic N) is 4. The largest absolute Gasteiger partial charge is 0.469 e.